The summed E-state index contributed by atoms with van der Waals surface area (Å²) >= 11 is 1.16. The Morgan fingerprint density at radius 3 is 2.54 bits per heavy atom. The van der Waals surface area contributed by atoms with Gasteiger partial charge < -0.3 is 10.6 Å². The van der Waals surface area contributed by atoms with Gasteiger partial charge in [-0.2, -0.15) is 0 Å². The van der Waals surface area contributed by atoms with Crippen molar-refractivity contribution in [2.45, 2.75) is 32.4 Å². The van der Waals surface area contributed by atoms with E-state index >= 15 is 0 Å². The number of thioether (sulfide) groups is 1. The van der Waals surface area contributed by atoms with Crippen molar-refractivity contribution >= 4 is 51.9 Å². The van der Waals surface area contributed by atoms with Crippen LogP contribution < -0.4 is 10.6 Å². The monoisotopic (exact) mass is 543 g/mol. The second kappa shape index (κ2) is 11.6. The van der Waals surface area contributed by atoms with E-state index in [0.717, 1.165) is 34.1 Å². The molecule has 2 aliphatic rings. The third-order valence-corrected chi connectivity index (χ3v) is 7.29. The van der Waals surface area contributed by atoms with E-state index in [1.165, 1.54) is 17.0 Å². The number of aryl methyl sites for hydroxylation is 1. The van der Waals surface area contributed by atoms with Crippen LogP contribution in [-0.2, 0) is 20.9 Å². The van der Waals surface area contributed by atoms with Crippen LogP contribution in [0.15, 0.2) is 82.8 Å². The van der Waals surface area contributed by atoms with E-state index in [1.54, 1.807) is 12.1 Å². The molecule has 3 aromatic carbocycles. The molecule has 3 aromatic rings. The van der Waals surface area contributed by atoms with Gasteiger partial charge in [-0.05, 0) is 54.8 Å². The van der Waals surface area contributed by atoms with E-state index < -0.39 is 6.04 Å². The molecule has 0 saturated heterocycles. The summed E-state index contributed by atoms with van der Waals surface area (Å²) < 4.78 is 13.1. The summed E-state index contributed by atoms with van der Waals surface area (Å²) in [6, 6.07) is 20.1. The lowest BCUT2D eigenvalue weighted by Crippen LogP contribution is -2.41. The fraction of sp³-hybridized carbons (Fsp3) is 0.207. The summed E-state index contributed by atoms with van der Waals surface area (Å²) in [7, 11) is 0. The number of nitrogens with zero attached hydrogens (tertiary/aromatic N) is 3. The van der Waals surface area contributed by atoms with Gasteiger partial charge in [-0.3, -0.25) is 19.4 Å². The van der Waals surface area contributed by atoms with Gasteiger partial charge in [-0.15, -0.1) is 0 Å². The molecule has 0 bridgehead atoms. The first-order chi connectivity index (χ1) is 18.9. The highest BCUT2D eigenvalue weighted by atomic mass is 32.2. The normalized spacial score (nSPS) is 15.7. The molecule has 0 spiro atoms. The fourth-order valence-electron chi connectivity index (χ4n) is 4.28. The minimum atomic E-state index is -0.741. The Morgan fingerprint density at radius 2 is 1.74 bits per heavy atom. The summed E-state index contributed by atoms with van der Waals surface area (Å²) in [5.74, 6) is -0.525. The number of carbonyl (C=O) groups excluding carboxylic acids is 3. The quantitative estimate of drug-likeness (QED) is 0.435. The van der Waals surface area contributed by atoms with Crippen LogP contribution >= 0.6 is 11.8 Å². The lowest BCUT2D eigenvalue weighted by Gasteiger charge is -2.25. The highest BCUT2D eigenvalue weighted by Gasteiger charge is 2.41. The number of fused-ring (bicyclic) bond motifs is 3. The van der Waals surface area contributed by atoms with E-state index in [4.69, 9.17) is 0 Å². The predicted molar refractivity (Wildman–Crippen MR) is 150 cm³/mol. The average Bonchev–Trinajstić information content (AvgIpc) is 3.28. The number of hydrogen-bond acceptors (Lipinski definition) is 6. The average molecular weight is 544 g/mol. The standard InChI is InChI=1S/C29H26FN5O3S/c1-18-6-2-4-8-22(18)32-26(37)17-39-29-34-23-9-5-3-7-21(23)27-33-24(28(38)35(27)29)14-15-25(36)31-16-19-10-12-20(30)13-11-19/h2-13,24H,14-17H2,1H3,(H,31,36)(H,32,37)/t24-/m0/s1. The molecule has 5 rings (SSSR count). The number of aliphatic imine (C=N–C) groups is 2. The van der Waals surface area contributed by atoms with Gasteiger partial charge in [0, 0.05) is 24.2 Å². The zero-order valence-corrected chi connectivity index (χ0v) is 22.0. The van der Waals surface area contributed by atoms with E-state index in [0.29, 0.717) is 16.7 Å². The number of amidine groups is 2. The summed E-state index contributed by atoms with van der Waals surface area (Å²) in [4.78, 5) is 49.3. The lowest BCUT2D eigenvalue weighted by molar-refractivity contribution is -0.125. The topological polar surface area (TPSA) is 103 Å². The summed E-state index contributed by atoms with van der Waals surface area (Å²) in [5.41, 5.74) is 3.85. The molecule has 2 aliphatic heterocycles. The molecule has 3 amide bonds. The van der Waals surface area contributed by atoms with Gasteiger partial charge in [0.15, 0.2) is 5.17 Å². The first kappa shape index (κ1) is 26.3. The Hall–Kier alpha value is -4.31. The molecule has 0 radical (unpaired) electrons. The van der Waals surface area contributed by atoms with Crippen LogP contribution in [-0.4, -0.2) is 45.4 Å². The smallest absolute Gasteiger partial charge is 0.259 e. The Bertz CT molecular complexity index is 1490. The van der Waals surface area contributed by atoms with Gasteiger partial charge in [0.25, 0.3) is 5.91 Å². The largest absolute Gasteiger partial charge is 0.352 e. The lowest BCUT2D eigenvalue weighted by atomic mass is 10.1. The van der Waals surface area contributed by atoms with Crippen LogP contribution in [0.25, 0.3) is 0 Å². The number of carbonyl (C=O) groups is 3. The summed E-state index contributed by atoms with van der Waals surface area (Å²) in [6.45, 7) is 2.18. The Morgan fingerprint density at radius 1 is 1.00 bits per heavy atom. The van der Waals surface area contributed by atoms with Gasteiger partial charge in [0.1, 0.15) is 17.7 Å². The Labute approximate surface area is 229 Å². The first-order valence-corrected chi connectivity index (χ1v) is 13.5. The number of rotatable bonds is 8. The molecule has 0 aromatic heterocycles. The van der Waals surface area contributed by atoms with Gasteiger partial charge in [0.05, 0.1) is 11.4 Å². The van der Waals surface area contributed by atoms with Crippen LogP contribution in [0.5, 0.6) is 0 Å². The van der Waals surface area contributed by atoms with Crippen molar-refractivity contribution in [1.82, 2.24) is 10.2 Å². The second-order valence-corrected chi connectivity index (χ2v) is 10.1. The SMILES string of the molecule is Cc1ccccc1NC(=O)CSC1=Nc2ccccc2C2=N[C@@H](CCC(=O)NCc3ccc(F)cc3)C(=O)N12. The van der Waals surface area contributed by atoms with Crippen LogP contribution in [0.2, 0.25) is 0 Å². The Balaban J connectivity index is 1.24. The molecule has 0 aliphatic carbocycles. The molecule has 2 heterocycles. The highest BCUT2D eigenvalue weighted by molar-refractivity contribution is 8.14. The zero-order chi connectivity index (χ0) is 27.4. The summed E-state index contributed by atoms with van der Waals surface area (Å²) in [6.07, 6.45) is 0.324. The molecular weight excluding hydrogens is 517 g/mol. The third kappa shape index (κ3) is 6.06. The molecule has 2 N–H and O–H groups in total. The molecule has 198 valence electrons. The van der Waals surface area contributed by atoms with Gasteiger partial charge in [-0.1, -0.05) is 54.2 Å². The Kier molecular flexibility index (Phi) is 7.83. The molecule has 8 nitrogen and oxygen atoms in total. The van der Waals surface area contributed by atoms with Crippen LogP contribution in [0.1, 0.15) is 29.5 Å². The maximum Gasteiger partial charge on any atom is 0.259 e. The number of hydrogen-bond donors (Lipinski definition) is 2. The predicted octanol–water partition coefficient (Wildman–Crippen LogP) is 4.56. The van der Waals surface area contributed by atoms with Crippen molar-refractivity contribution in [3.8, 4) is 0 Å². The van der Waals surface area contributed by atoms with Crippen molar-refractivity contribution in [1.29, 1.82) is 0 Å². The van der Waals surface area contributed by atoms with Crippen LogP contribution in [0.3, 0.4) is 0 Å². The molecule has 1 atom stereocenters. The van der Waals surface area contributed by atoms with Crippen LogP contribution in [0.4, 0.5) is 15.8 Å². The van der Waals surface area contributed by atoms with E-state index in [2.05, 4.69) is 20.6 Å². The van der Waals surface area contributed by atoms with E-state index in [9.17, 15) is 18.8 Å². The van der Waals surface area contributed by atoms with Crippen LogP contribution in [0, 0.1) is 12.7 Å². The summed E-state index contributed by atoms with van der Waals surface area (Å²) in [5, 5.41) is 6.07. The molecule has 0 saturated carbocycles. The van der Waals surface area contributed by atoms with Crippen molar-refractivity contribution in [2.75, 3.05) is 11.1 Å². The highest BCUT2D eigenvalue weighted by Crippen LogP contribution is 2.34. The zero-order valence-electron chi connectivity index (χ0n) is 21.2. The van der Waals surface area contributed by atoms with Crippen molar-refractivity contribution in [2.24, 2.45) is 9.98 Å². The number of halogens is 1. The minimum Gasteiger partial charge on any atom is -0.352 e. The molecule has 39 heavy (non-hydrogen) atoms. The third-order valence-electron chi connectivity index (χ3n) is 6.35. The van der Waals surface area contributed by atoms with Crippen molar-refractivity contribution in [3.05, 3.63) is 95.3 Å². The first-order valence-electron chi connectivity index (χ1n) is 12.5. The van der Waals surface area contributed by atoms with Crippen molar-refractivity contribution in [3.63, 3.8) is 0 Å². The number of para-hydroxylation sites is 2. The number of amides is 3. The maximum absolute atomic E-state index is 13.4. The molecule has 10 heteroatoms. The molecule has 0 unspecified atom stereocenters. The number of benzene rings is 3. The minimum absolute atomic E-state index is 0.0584. The molecular formula is C29H26FN5O3S. The van der Waals surface area contributed by atoms with Gasteiger partial charge in [0.2, 0.25) is 11.8 Å². The van der Waals surface area contributed by atoms with Gasteiger partial charge in [-0.25, -0.2) is 14.3 Å². The van der Waals surface area contributed by atoms with Crippen molar-refractivity contribution < 1.29 is 18.8 Å². The van der Waals surface area contributed by atoms with E-state index in [-0.39, 0.29) is 48.7 Å². The maximum atomic E-state index is 13.4. The number of nitrogens with one attached hydrogen (secondary N) is 2. The van der Waals surface area contributed by atoms with Gasteiger partial charge >= 0.3 is 0 Å². The number of anilines is 1. The molecule has 0 fully saturated rings. The van der Waals surface area contributed by atoms with E-state index in [1.807, 2.05) is 55.5 Å². The second-order valence-electron chi connectivity index (χ2n) is 9.15. The fourth-order valence-corrected chi connectivity index (χ4v) is 5.08.